The average Bonchev–Trinajstić information content (AvgIpc) is 3.24. The van der Waals surface area contributed by atoms with E-state index in [1.54, 1.807) is 24.8 Å². The van der Waals surface area contributed by atoms with E-state index < -0.39 is 0 Å². The summed E-state index contributed by atoms with van der Waals surface area (Å²) < 4.78 is 0. The predicted octanol–water partition coefficient (Wildman–Crippen LogP) is 9.46. The molecule has 2 aromatic carbocycles. The van der Waals surface area contributed by atoms with Crippen LogP contribution >= 0.6 is 0 Å². The Hall–Kier alpha value is -7.54. The summed E-state index contributed by atoms with van der Waals surface area (Å²) in [6.07, 6.45) is 7.14. The van der Waals surface area contributed by atoms with E-state index in [9.17, 15) is 0 Å². The molecule has 0 saturated carbocycles. The molecule has 0 N–H and O–H groups in total. The summed E-state index contributed by atoms with van der Waals surface area (Å²) >= 11 is 0. The summed E-state index contributed by atoms with van der Waals surface area (Å²) in [5, 5.41) is 0. The third kappa shape index (κ3) is 7.38. The first-order valence-electron chi connectivity index (χ1n) is 16.7. The Labute approximate surface area is 302 Å². The van der Waals surface area contributed by atoms with E-state index in [0.29, 0.717) is 0 Å². The van der Waals surface area contributed by atoms with Gasteiger partial charge in [0.2, 0.25) is 0 Å². The van der Waals surface area contributed by atoms with E-state index in [2.05, 4.69) is 55.8 Å². The van der Waals surface area contributed by atoms with Gasteiger partial charge in [-0.1, -0.05) is 60.4 Å². The maximum absolute atomic E-state index is 4.94. The number of hydrogen-bond donors (Lipinski definition) is 0. The molecule has 52 heavy (non-hydrogen) atoms. The Morgan fingerprint density at radius 2 is 0.635 bits per heavy atom. The van der Waals surface area contributed by atoms with E-state index in [-0.39, 0.29) is 0 Å². The predicted molar refractivity (Wildman–Crippen MR) is 206 cm³/mol. The van der Waals surface area contributed by atoms with Crippen LogP contribution in [0.25, 0.3) is 67.8 Å². The number of rotatable bonds is 6. The molecule has 0 bridgehead atoms. The second-order valence-corrected chi connectivity index (χ2v) is 11.8. The van der Waals surface area contributed by atoms with Crippen LogP contribution in [0.5, 0.6) is 0 Å². The van der Waals surface area contributed by atoms with Crippen molar-refractivity contribution >= 4 is 0 Å². The van der Waals surface area contributed by atoms with Crippen molar-refractivity contribution in [2.24, 2.45) is 0 Å². The molecule has 8 rings (SSSR count). The Kier molecular flexibility index (Phi) is 9.10. The molecule has 6 heterocycles. The normalized spacial score (nSPS) is 10.4. The maximum atomic E-state index is 4.94. The van der Waals surface area contributed by atoms with Crippen molar-refractivity contribution in [1.82, 2.24) is 29.9 Å². The Balaban J connectivity index is 1.01. The largest absolute Gasteiger partial charge is 0.256 e. The van der Waals surface area contributed by atoms with Crippen LogP contribution in [0.1, 0.15) is 11.1 Å². The van der Waals surface area contributed by atoms with Gasteiger partial charge in [-0.3, -0.25) is 19.9 Å². The van der Waals surface area contributed by atoms with E-state index >= 15 is 0 Å². The molecule has 6 aromatic heterocycles. The third-order valence-electron chi connectivity index (χ3n) is 8.26. The van der Waals surface area contributed by atoms with Gasteiger partial charge in [-0.25, -0.2) is 9.97 Å². The topological polar surface area (TPSA) is 77.3 Å². The smallest absolute Gasteiger partial charge is 0.0900 e. The highest BCUT2D eigenvalue weighted by Gasteiger charge is 2.12. The molecule has 0 saturated heterocycles. The highest BCUT2D eigenvalue weighted by Crippen LogP contribution is 2.30. The summed E-state index contributed by atoms with van der Waals surface area (Å²) in [6.45, 7) is 0. The molecule has 0 aliphatic heterocycles. The van der Waals surface area contributed by atoms with Gasteiger partial charge in [0.1, 0.15) is 0 Å². The molecule has 0 amide bonds. The molecular weight excluding hydrogens is 637 g/mol. The molecule has 0 aliphatic rings. The zero-order chi connectivity index (χ0) is 35.0. The first-order chi connectivity index (χ1) is 25.7. The number of aromatic nitrogens is 6. The van der Waals surface area contributed by atoms with Gasteiger partial charge >= 0.3 is 0 Å². The monoisotopic (exact) mass is 664 g/mol. The van der Waals surface area contributed by atoms with Gasteiger partial charge in [-0.15, -0.1) is 0 Å². The molecule has 242 valence electrons. The first kappa shape index (κ1) is 31.7. The van der Waals surface area contributed by atoms with E-state index in [1.165, 1.54) is 0 Å². The lowest BCUT2D eigenvalue weighted by Crippen LogP contribution is -1.93. The maximum Gasteiger partial charge on any atom is 0.0900 e. The summed E-state index contributed by atoms with van der Waals surface area (Å²) in [7, 11) is 0. The Morgan fingerprint density at radius 1 is 0.288 bits per heavy atom. The second kappa shape index (κ2) is 14.9. The summed E-state index contributed by atoms with van der Waals surface area (Å²) in [5.41, 5.74) is 12.2. The Bertz CT molecular complexity index is 2280. The molecule has 0 spiro atoms. The number of hydrogen-bond acceptors (Lipinski definition) is 6. The van der Waals surface area contributed by atoms with Gasteiger partial charge in [0, 0.05) is 58.2 Å². The van der Waals surface area contributed by atoms with Crippen LogP contribution in [0.2, 0.25) is 0 Å². The van der Waals surface area contributed by atoms with Crippen LogP contribution in [0.3, 0.4) is 0 Å². The molecule has 6 nitrogen and oxygen atoms in total. The number of pyridine rings is 6. The highest BCUT2D eigenvalue weighted by atomic mass is 14.8. The van der Waals surface area contributed by atoms with Crippen LogP contribution in [0.15, 0.2) is 170 Å². The molecule has 6 heteroatoms. The SMILES string of the molecule is C(C#Cc1ccc(-c2cc(-c3ccccn3)cc(-c3ccccn3)n2)cc1)#Cc1ccc(-c2cc(-c3ccccn3)cc(-c3ccccn3)n2)cc1. The lowest BCUT2D eigenvalue weighted by molar-refractivity contribution is 1.24. The van der Waals surface area contributed by atoms with Crippen molar-refractivity contribution in [2.45, 2.75) is 0 Å². The van der Waals surface area contributed by atoms with Gasteiger partial charge in [0.15, 0.2) is 0 Å². The van der Waals surface area contributed by atoms with Gasteiger partial charge in [-0.2, -0.15) is 0 Å². The van der Waals surface area contributed by atoms with E-state index in [4.69, 9.17) is 9.97 Å². The zero-order valence-corrected chi connectivity index (χ0v) is 27.8. The van der Waals surface area contributed by atoms with Crippen LogP contribution in [0.4, 0.5) is 0 Å². The van der Waals surface area contributed by atoms with Gasteiger partial charge in [0.05, 0.1) is 45.6 Å². The lowest BCUT2D eigenvalue weighted by Gasteiger charge is -2.09. The van der Waals surface area contributed by atoms with Gasteiger partial charge in [-0.05, 0) is 109 Å². The second-order valence-electron chi connectivity index (χ2n) is 11.8. The minimum Gasteiger partial charge on any atom is -0.256 e. The quantitative estimate of drug-likeness (QED) is 0.165. The Morgan fingerprint density at radius 3 is 0.981 bits per heavy atom. The summed E-state index contributed by atoms with van der Waals surface area (Å²) in [6, 6.07) is 47.6. The van der Waals surface area contributed by atoms with E-state index in [0.717, 1.165) is 78.9 Å². The highest BCUT2D eigenvalue weighted by molar-refractivity contribution is 5.76. The van der Waals surface area contributed by atoms with E-state index in [1.807, 2.05) is 133 Å². The first-order valence-corrected chi connectivity index (χ1v) is 16.7. The number of benzene rings is 2. The van der Waals surface area contributed by atoms with Crippen molar-refractivity contribution in [3.8, 4) is 91.5 Å². The van der Waals surface area contributed by atoms with Crippen molar-refractivity contribution in [1.29, 1.82) is 0 Å². The average molecular weight is 665 g/mol. The fraction of sp³-hybridized carbons (Fsp3) is 0. The molecule has 0 unspecified atom stereocenters. The third-order valence-corrected chi connectivity index (χ3v) is 8.26. The van der Waals surface area contributed by atoms with Crippen LogP contribution < -0.4 is 0 Å². The summed E-state index contributed by atoms with van der Waals surface area (Å²) in [4.78, 5) is 28.0. The summed E-state index contributed by atoms with van der Waals surface area (Å²) in [5.74, 6) is 12.3. The minimum absolute atomic E-state index is 0.787. The van der Waals surface area contributed by atoms with Crippen molar-refractivity contribution in [3.05, 3.63) is 182 Å². The fourth-order valence-corrected chi connectivity index (χ4v) is 5.67. The number of nitrogens with zero attached hydrogens (tertiary/aromatic N) is 6. The van der Waals surface area contributed by atoms with Gasteiger partial charge < -0.3 is 0 Å². The van der Waals surface area contributed by atoms with Crippen LogP contribution in [-0.2, 0) is 0 Å². The molecule has 0 radical (unpaired) electrons. The zero-order valence-electron chi connectivity index (χ0n) is 27.8. The molecule has 8 aromatic rings. The molecule has 0 aliphatic carbocycles. The lowest BCUT2D eigenvalue weighted by atomic mass is 10.0. The van der Waals surface area contributed by atoms with Crippen molar-refractivity contribution in [2.75, 3.05) is 0 Å². The van der Waals surface area contributed by atoms with Gasteiger partial charge in [0.25, 0.3) is 0 Å². The van der Waals surface area contributed by atoms with Crippen molar-refractivity contribution in [3.63, 3.8) is 0 Å². The standard InChI is InChI=1S/C46H28N6/c1(11-33-17-21-35(22-18-33)43-29-37(39-13-3-7-25-47-39)31-45(51-43)41-15-5-9-27-49-41)2-12-34-19-23-36(24-20-34)44-30-38(40-14-4-8-26-48-40)32-46(52-44)42-16-6-10-28-50-42/h3-10,13-32H. The molecule has 0 atom stereocenters. The molecular formula is C46H28N6. The van der Waals surface area contributed by atoms with Crippen LogP contribution in [-0.4, -0.2) is 29.9 Å². The minimum atomic E-state index is 0.787. The fourth-order valence-electron chi connectivity index (χ4n) is 5.67. The van der Waals surface area contributed by atoms with Crippen LogP contribution in [0, 0.1) is 23.7 Å². The van der Waals surface area contributed by atoms with Crippen molar-refractivity contribution < 1.29 is 0 Å². The molecule has 0 fully saturated rings.